The highest BCUT2D eigenvalue weighted by Crippen LogP contribution is 2.16. The third-order valence-corrected chi connectivity index (χ3v) is 3.15. The van der Waals surface area contributed by atoms with Gasteiger partial charge in [-0.2, -0.15) is 0 Å². The molecule has 0 bridgehead atoms. The lowest BCUT2D eigenvalue weighted by Crippen LogP contribution is -2.57. The number of rotatable bonds is 6. The van der Waals surface area contributed by atoms with Crippen LogP contribution in [0.5, 0.6) is 0 Å². The van der Waals surface area contributed by atoms with Gasteiger partial charge in [0.2, 0.25) is 5.91 Å². The van der Waals surface area contributed by atoms with Crippen LogP contribution in [0.15, 0.2) is 0 Å². The van der Waals surface area contributed by atoms with Crippen LogP contribution in [0.2, 0.25) is 0 Å². The zero-order chi connectivity index (χ0) is 12.1. The summed E-state index contributed by atoms with van der Waals surface area (Å²) >= 11 is 4.99. The average molecular weight is 232 g/mol. The minimum absolute atomic E-state index is 0.186. The van der Waals surface area contributed by atoms with Crippen LogP contribution in [0.3, 0.4) is 0 Å². The van der Waals surface area contributed by atoms with E-state index in [1.165, 1.54) is 7.11 Å². The van der Waals surface area contributed by atoms with Gasteiger partial charge in [0.05, 0.1) is 10.5 Å². The summed E-state index contributed by atoms with van der Waals surface area (Å²) in [7, 11) is 1.49. The molecule has 0 aromatic carbocycles. The summed E-state index contributed by atoms with van der Waals surface area (Å²) in [4.78, 5) is 12.0. The molecule has 0 saturated heterocycles. The Bertz CT molecular complexity index is 240. The molecule has 1 amide bonds. The van der Waals surface area contributed by atoms with Gasteiger partial charge in [0, 0.05) is 7.11 Å². The summed E-state index contributed by atoms with van der Waals surface area (Å²) in [5.74, 6) is -0.186. The number of hydrogen-bond donors (Lipinski definition) is 2. The average Bonchev–Trinajstić information content (AvgIpc) is 2.24. The van der Waals surface area contributed by atoms with E-state index in [0.29, 0.717) is 17.8 Å². The number of nitrogens with one attached hydrogen (secondary N) is 1. The van der Waals surface area contributed by atoms with Crippen molar-refractivity contribution in [2.24, 2.45) is 5.73 Å². The van der Waals surface area contributed by atoms with Gasteiger partial charge in [0.25, 0.3) is 0 Å². The predicted molar refractivity (Wildman–Crippen MR) is 64.7 cm³/mol. The minimum Gasteiger partial charge on any atom is -0.391 e. The molecule has 0 saturated carbocycles. The van der Waals surface area contributed by atoms with Crippen molar-refractivity contribution < 1.29 is 9.53 Å². The molecule has 0 aliphatic heterocycles. The van der Waals surface area contributed by atoms with E-state index in [9.17, 15) is 4.79 Å². The monoisotopic (exact) mass is 232 g/mol. The van der Waals surface area contributed by atoms with Crippen LogP contribution in [0.1, 0.15) is 33.6 Å². The third kappa shape index (κ3) is 3.43. The van der Waals surface area contributed by atoms with Gasteiger partial charge in [-0.05, 0) is 19.8 Å². The molecule has 1 unspecified atom stereocenters. The van der Waals surface area contributed by atoms with Gasteiger partial charge in [0.1, 0.15) is 6.10 Å². The van der Waals surface area contributed by atoms with Crippen molar-refractivity contribution >= 4 is 23.1 Å². The van der Waals surface area contributed by atoms with Gasteiger partial charge in [-0.1, -0.05) is 26.1 Å². The Kier molecular flexibility index (Phi) is 5.75. The summed E-state index contributed by atoms with van der Waals surface area (Å²) in [6, 6.07) is 0. The summed E-state index contributed by atoms with van der Waals surface area (Å²) in [6.07, 6.45) is 0.874. The van der Waals surface area contributed by atoms with Crippen LogP contribution < -0.4 is 11.1 Å². The molecular weight excluding hydrogens is 212 g/mol. The minimum atomic E-state index is -0.584. The molecular formula is C10H20N2O2S. The Morgan fingerprint density at radius 3 is 2.27 bits per heavy atom. The van der Waals surface area contributed by atoms with Crippen LogP contribution in [-0.4, -0.2) is 29.6 Å². The summed E-state index contributed by atoms with van der Waals surface area (Å²) in [5, 5.41) is 2.85. The highest BCUT2D eigenvalue weighted by atomic mass is 32.1. The Labute approximate surface area is 96.5 Å². The van der Waals surface area contributed by atoms with E-state index in [0.717, 1.165) is 0 Å². The third-order valence-electron chi connectivity index (χ3n) is 2.76. The Morgan fingerprint density at radius 1 is 1.53 bits per heavy atom. The molecule has 0 heterocycles. The van der Waals surface area contributed by atoms with E-state index < -0.39 is 11.6 Å². The molecule has 3 N–H and O–H groups in total. The van der Waals surface area contributed by atoms with Gasteiger partial charge in [0.15, 0.2) is 0 Å². The van der Waals surface area contributed by atoms with Gasteiger partial charge >= 0.3 is 0 Å². The Balaban J connectivity index is 4.69. The lowest BCUT2D eigenvalue weighted by atomic mass is 9.92. The summed E-state index contributed by atoms with van der Waals surface area (Å²) in [6.45, 7) is 5.58. The fraction of sp³-hybridized carbons (Fsp3) is 0.800. The van der Waals surface area contributed by atoms with Crippen LogP contribution in [-0.2, 0) is 9.53 Å². The van der Waals surface area contributed by atoms with Gasteiger partial charge in [-0.3, -0.25) is 4.79 Å². The van der Waals surface area contributed by atoms with Crippen LogP contribution in [0.25, 0.3) is 0 Å². The van der Waals surface area contributed by atoms with E-state index in [2.05, 4.69) is 5.32 Å². The first-order valence-electron chi connectivity index (χ1n) is 5.08. The summed E-state index contributed by atoms with van der Waals surface area (Å²) in [5.41, 5.74) is 5.07. The second-order valence-corrected chi connectivity index (χ2v) is 3.96. The molecule has 0 aliphatic rings. The van der Waals surface area contributed by atoms with Crippen LogP contribution in [0.4, 0.5) is 0 Å². The van der Waals surface area contributed by atoms with E-state index in [4.69, 9.17) is 22.7 Å². The topological polar surface area (TPSA) is 64.3 Å². The van der Waals surface area contributed by atoms with Crippen molar-refractivity contribution in [1.82, 2.24) is 5.32 Å². The lowest BCUT2D eigenvalue weighted by Gasteiger charge is -2.32. The Morgan fingerprint density at radius 2 is 2.00 bits per heavy atom. The number of ether oxygens (including phenoxy) is 1. The normalized spacial score (nSPS) is 13.3. The van der Waals surface area contributed by atoms with Crippen molar-refractivity contribution in [3.05, 3.63) is 0 Å². The standard InChI is InChI=1S/C10H20N2O2S/c1-5-10(6-2,9(11)15)12-8(13)7(3)14-4/h7H,5-6H2,1-4H3,(H2,11,15)(H,12,13). The maximum Gasteiger partial charge on any atom is 0.249 e. The molecule has 15 heavy (non-hydrogen) atoms. The zero-order valence-corrected chi connectivity index (χ0v) is 10.6. The first-order chi connectivity index (χ1) is 6.93. The second-order valence-electron chi connectivity index (χ2n) is 3.52. The fourth-order valence-corrected chi connectivity index (χ4v) is 1.62. The van der Waals surface area contributed by atoms with Crippen LogP contribution >= 0.6 is 12.2 Å². The first kappa shape index (κ1) is 14.3. The Hall–Kier alpha value is -0.680. The molecule has 0 radical (unpaired) electrons. The molecule has 88 valence electrons. The summed E-state index contributed by atoms with van der Waals surface area (Å²) < 4.78 is 4.93. The van der Waals surface area contributed by atoms with Crippen molar-refractivity contribution in [3.8, 4) is 0 Å². The lowest BCUT2D eigenvalue weighted by molar-refractivity contribution is -0.131. The number of carbonyl (C=O) groups excluding carboxylic acids is 1. The van der Waals surface area contributed by atoms with E-state index in [-0.39, 0.29) is 5.91 Å². The largest absolute Gasteiger partial charge is 0.391 e. The van der Waals surface area contributed by atoms with Crippen molar-refractivity contribution in [2.75, 3.05) is 7.11 Å². The highest BCUT2D eigenvalue weighted by molar-refractivity contribution is 7.80. The molecule has 0 aromatic heterocycles. The van der Waals surface area contributed by atoms with Gasteiger partial charge in [-0.25, -0.2) is 0 Å². The van der Waals surface area contributed by atoms with E-state index >= 15 is 0 Å². The highest BCUT2D eigenvalue weighted by Gasteiger charge is 2.32. The SMILES string of the molecule is CCC(CC)(NC(=O)C(C)OC)C(N)=S. The van der Waals surface area contributed by atoms with E-state index in [1.807, 2.05) is 13.8 Å². The van der Waals surface area contributed by atoms with Gasteiger partial charge < -0.3 is 15.8 Å². The smallest absolute Gasteiger partial charge is 0.249 e. The molecule has 5 heteroatoms. The number of thiocarbonyl (C=S) groups is 1. The molecule has 0 spiro atoms. The second kappa shape index (κ2) is 6.02. The van der Waals surface area contributed by atoms with Crippen molar-refractivity contribution in [3.63, 3.8) is 0 Å². The molecule has 0 fully saturated rings. The number of nitrogens with two attached hydrogens (primary N) is 1. The quantitative estimate of drug-likeness (QED) is 0.670. The molecule has 4 nitrogen and oxygen atoms in total. The number of amides is 1. The fourth-order valence-electron chi connectivity index (χ4n) is 1.28. The maximum absolute atomic E-state index is 11.7. The molecule has 1 atom stereocenters. The number of carbonyl (C=O) groups is 1. The van der Waals surface area contributed by atoms with Crippen LogP contribution in [0, 0.1) is 0 Å². The maximum atomic E-state index is 11.7. The number of hydrogen-bond acceptors (Lipinski definition) is 3. The molecule has 0 rings (SSSR count). The molecule has 0 aliphatic carbocycles. The molecule has 0 aromatic rings. The first-order valence-corrected chi connectivity index (χ1v) is 5.49. The van der Waals surface area contributed by atoms with Crippen molar-refractivity contribution in [2.45, 2.75) is 45.3 Å². The van der Waals surface area contributed by atoms with Gasteiger partial charge in [-0.15, -0.1) is 0 Å². The number of methoxy groups -OCH3 is 1. The zero-order valence-electron chi connectivity index (χ0n) is 9.79. The van der Waals surface area contributed by atoms with Crippen molar-refractivity contribution in [1.29, 1.82) is 0 Å². The predicted octanol–water partition coefficient (Wildman–Crippen LogP) is 0.982. The van der Waals surface area contributed by atoms with E-state index in [1.54, 1.807) is 6.92 Å².